The molecule has 0 unspecified atom stereocenters. The van der Waals surface area contributed by atoms with Crippen molar-refractivity contribution in [2.24, 2.45) is 13.0 Å². The summed E-state index contributed by atoms with van der Waals surface area (Å²) in [6, 6.07) is 9.75. The van der Waals surface area contributed by atoms with Crippen molar-refractivity contribution < 1.29 is 5.11 Å². The summed E-state index contributed by atoms with van der Waals surface area (Å²) in [4.78, 5) is 14.0. The first-order valence-electron chi connectivity index (χ1n) is 7.77. The average molecular weight is 334 g/mol. The van der Waals surface area contributed by atoms with Crippen LogP contribution in [0.2, 0.25) is 5.02 Å². The first-order valence-corrected chi connectivity index (χ1v) is 8.15. The highest BCUT2D eigenvalue weighted by Gasteiger charge is 2.27. The van der Waals surface area contributed by atoms with Crippen molar-refractivity contribution >= 4 is 17.3 Å². The smallest absolute Gasteiger partial charge is 0.287 e. The van der Waals surface area contributed by atoms with Crippen LogP contribution in [-0.4, -0.2) is 28.0 Å². The molecule has 0 saturated carbocycles. The number of nitrogens with zero attached hydrogens (tertiary/aromatic N) is 3. The largest absolute Gasteiger partial charge is 0.388 e. The average Bonchev–Trinajstić information content (AvgIpc) is 2.60. The third-order valence-electron chi connectivity index (χ3n) is 4.53. The SMILES string of the molecule is Cn1ncc(N2CCC([C@H](O)c3ccccc3)CC2)c(Cl)c1=O. The zero-order valence-electron chi connectivity index (χ0n) is 13.0. The summed E-state index contributed by atoms with van der Waals surface area (Å²) in [5.74, 6) is 0.215. The quantitative estimate of drug-likeness (QED) is 0.937. The van der Waals surface area contributed by atoms with Gasteiger partial charge in [0.1, 0.15) is 5.02 Å². The molecular weight excluding hydrogens is 314 g/mol. The van der Waals surface area contributed by atoms with Crippen LogP contribution in [0, 0.1) is 5.92 Å². The van der Waals surface area contributed by atoms with Gasteiger partial charge in [0.25, 0.3) is 5.56 Å². The van der Waals surface area contributed by atoms with Crippen LogP contribution in [0.4, 0.5) is 5.69 Å². The van der Waals surface area contributed by atoms with Gasteiger partial charge in [0, 0.05) is 20.1 Å². The number of hydrogen-bond acceptors (Lipinski definition) is 4. The Balaban J connectivity index is 1.69. The molecule has 3 rings (SSSR count). The Morgan fingerprint density at radius 1 is 1.26 bits per heavy atom. The third kappa shape index (κ3) is 3.26. The number of aliphatic hydroxyl groups excluding tert-OH is 1. The van der Waals surface area contributed by atoms with Gasteiger partial charge in [0.15, 0.2) is 0 Å². The van der Waals surface area contributed by atoms with Crippen LogP contribution in [0.1, 0.15) is 24.5 Å². The zero-order chi connectivity index (χ0) is 16.4. The first kappa shape index (κ1) is 16.0. The number of aromatic nitrogens is 2. The van der Waals surface area contributed by atoms with Gasteiger partial charge < -0.3 is 10.0 Å². The first-order chi connectivity index (χ1) is 11.1. The Bertz CT molecular complexity index is 724. The number of hydrogen-bond donors (Lipinski definition) is 1. The van der Waals surface area contributed by atoms with E-state index in [9.17, 15) is 9.90 Å². The number of anilines is 1. The monoisotopic (exact) mass is 333 g/mol. The molecule has 23 heavy (non-hydrogen) atoms. The van der Waals surface area contributed by atoms with Crippen molar-refractivity contribution in [2.75, 3.05) is 18.0 Å². The van der Waals surface area contributed by atoms with E-state index in [0.29, 0.717) is 5.69 Å². The van der Waals surface area contributed by atoms with Crippen molar-refractivity contribution in [1.82, 2.24) is 9.78 Å². The van der Waals surface area contributed by atoms with Crippen LogP contribution in [0.3, 0.4) is 0 Å². The molecule has 6 heteroatoms. The summed E-state index contributed by atoms with van der Waals surface area (Å²) in [5.41, 5.74) is 1.36. The number of benzene rings is 1. The van der Waals surface area contributed by atoms with Crippen LogP contribution < -0.4 is 10.5 Å². The van der Waals surface area contributed by atoms with Gasteiger partial charge in [-0.3, -0.25) is 4.79 Å². The lowest BCUT2D eigenvalue weighted by Crippen LogP contribution is -2.37. The van der Waals surface area contributed by atoms with E-state index in [1.54, 1.807) is 13.2 Å². The molecule has 1 fully saturated rings. The van der Waals surface area contributed by atoms with Gasteiger partial charge in [-0.15, -0.1) is 0 Å². The van der Waals surface area contributed by atoms with Gasteiger partial charge in [-0.1, -0.05) is 41.9 Å². The van der Waals surface area contributed by atoms with Gasteiger partial charge in [0.2, 0.25) is 0 Å². The second kappa shape index (κ2) is 6.72. The number of rotatable bonds is 3. The maximum absolute atomic E-state index is 11.9. The number of aryl methyl sites for hydroxylation is 1. The predicted molar refractivity (Wildman–Crippen MR) is 90.8 cm³/mol. The minimum Gasteiger partial charge on any atom is -0.388 e. The van der Waals surface area contributed by atoms with Gasteiger partial charge in [0.05, 0.1) is 18.0 Å². The topological polar surface area (TPSA) is 58.4 Å². The third-order valence-corrected chi connectivity index (χ3v) is 4.88. The number of halogens is 1. The Labute approximate surface area is 140 Å². The lowest BCUT2D eigenvalue weighted by atomic mass is 9.87. The molecule has 0 radical (unpaired) electrons. The summed E-state index contributed by atoms with van der Waals surface area (Å²) in [7, 11) is 1.58. The molecule has 1 aromatic heterocycles. The Morgan fingerprint density at radius 2 is 1.91 bits per heavy atom. The highest BCUT2D eigenvalue weighted by molar-refractivity contribution is 6.33. The Kier molecular flexibility index (Phi) is 4.68. The van der Waals surface area contributed by atoms with E-state index in [0.717, 1.165) is 31.5 Å². The molecular formula is C17H20ClN3O2. The summed E-state index contributed by atoms with van der Waals surface area (Å²) >= 11 is 6.16. The molecule has 0 spiro atoms. The molecule has 0 bridgehead atoms. The van der Waals surface area contributed by atoms with Crippen molar-refractivity contribution in [3.63, 3.8) is 0 Å². The van der Waals surface area contributed by atoms with E-state index in [4.69, 9.17) is 11.6 Å². The molecule has 1 saturated heterocycles. The maximum Gasteiger partial charge on any atom is 0.287 e. The number of aliphatic hydroxyl groups is 1. The molecule has 1 aromatic carbocycles. The van der Waals surface area contributed by atoms with E-state index in [1.807, 2.05) is 30.3 Å². The summed E-state index contributed by atoms with van der Waals surface area (Å²) in [6.07, 6.45) is 2.89. The van der Waals surface area contributed by atoms with Gasteiger partial charge in [-0.25, -0.2) is 4.68 Å². The van der Waals surface area contributed by atoms with Crippen LogP contribution in [0.5, 0.6) is 0 Å². The fraction of sp³-hybridized carbons (Fsp3) is 0.412. The molecule has 1 atom stereocenters. The highest BCUT2D eigenvalue weighted by atomic mass is 35.5. The summed E-state index contributed by atoms with van der Waals surface area (Å²) < 4.78 is 1.23. The van der Waals surface area contributed by atoms with E-state index < -0.39 is 6.10 Å². The van der Waals surface area contributed by atoms with Crippen molar-refractivity contribution in [1.29, 1.82) is 0 Å². The van der Waals surface area contributed by atoms with Crippen LogP contribution in [0.15, 0.2) is 41.3 Å². The van der Waals surface area contributed by atoms with Crippen LogP contribution in [-0.2, 0) is 7.05 Å². The highest BCUT2D eigenvalue weighted by Crippen LogP contribution is 2.33. The fourth-order valence-electron chi connectivity index (χ4n) is 3.10. The van der Waals surface area contributed by atoms with Crippen molar-refractivity contribution in [3.8, 4) is 0 Å². The van der Waals surface area contributed by atoms with Crippen LogP contribution in [0.25, 0.3) is 0 Å². The van der Waals surface area contributed by atoms with Gasteiger partial charge in [-0.2, -0.15) is 5.10 Å². The van der Waals surface area contributed by atoms with E-state index in [2.05, 4.69) is 10.00 Å². The maximum atomic E-state index is 11.9. The lowest BCUT2D eigenvalue weighted by Gasteiger charge is -2.35. The summed E-state index contributed by atoms with van der Waals surface area (Å²) in [5, 5.41) is 14.8. The van der Waals surface area contributed by atoms with E-state index >= 15 is 0 Å². The molecule has 0 aliphatic carbocycles. The van der Waals surface area contributed by atoms with E-state index in [1.165, 1.54) is 4.68 Å². The van der Waals surface area contributed by atoms with Gasteiger partial charge in [-0.05, 0) is 24.3 Å². The second-order valence-corrected chi connectivity index (χ2v) is 6.33. The Hall–Kier alpha value is -1.85. The fourth-order valence-corrected chi connectivity index (χ4v) is 3.39. The molecule has 2 heterocycles. The van der Waals surface area contributed by atoms with Crippen molar-refractivity contribution in [3.05, 3.63) is 57.5 Å². The van der Waals surface area contributed by atoms with Crippen LogP contribution >= 0.6 is 11.6 Å². The number of piperidine rings is 1. The molecule has 1 N–H and O–H groups in total. The molecule has 2 aromatic rings. The minimum atomic E-state index is -0.449. The zero-order valence-corrected chi connectivity index (χ0v) is 13.8. The predicted octanol–water partition coefficient (Wildman–Crippen LogP) is 2.38. The second-order valence-electron chi connectivity index (χ2n) is 5.95. The van der Waals surface area contributed by atoms with Gasteiger partial charge >= 0.3 is 0 Å². The lowest BCUT2D eigenvalue weighted by molar-refractivity contribution is 0.0929. The molecule has 0 amide bonds. The Morgan fingerprint density at radius 3 is 2.57 bits per heavy atom. The standard InChI is InChI=1S/C17H20ClN3O2/c1-20-17(23)15(18)14(11-19-20)21-9-7-13(8-10-21)16(22)12-5-3-2-4-6-12/h2-6,11,13,16,22H,7-10H2,1H3/t16-/m1/s1. The molecule has 5 nitrogen and oxygen atoms in total. The van der Waals surface area contributed by atoms with Crippen molar-refractivity contribution in [2.45, 2.75) is 18.9 Å². The normalized spacial score (nSPS) is 17.3. The molecule has 1 aliphatic rings. The summed E-state index contributed by atoms with van der Waals surface area (Å²) in [6.45, 7) is 1.51. The van der Waals surface area contributed by atoms with E-state index in [-0.39, 0.29) is 16.5 Å². The minimum absolute atomic E-state index is 0.213. The molecule has 122 valence electrons. The molecule has 1 aliphatic heterocycles.